The molecule has 1 amide bonds. The number of carbonyl (C=O) groups excluding carboxylic acids is 1. The molecule has 0 heterocycles. The molecule has 5 nitrogen and oxygen atoms in total. The minimum Gasteiger partial charge on any atom is -0.497 e. The van der Waals surface area contributed by atoms with Crippen molar-refractivity contribution in [3.8, 4) is 5.75 Å². The first-order chi connectivity index (χ1) is 10.6. The standard InChI is InChI=1S/C17H26N2O3/c1-19(11-17(21)18-10-13-4-3-5-13)16(12-20)14-6-8-15(22-2)9-7-14/h6-9,13,16,20H,3-5,10-12H2,1-2H3,(H,18,21). The lowest BCUT2D eigenvalue weighted by Gasteiger charge is -2.28. The summed E-state index contributed by atoms with van der Waals surface area (Å²) in [6.07, 6.45) is 3.73. The molecule has 0 radical (unpaired) electrons. The molecule has 2 N–H and O–H groups in total. The van der Waals surface area contributed by atoms with Crippen LogP contribution >= 0.6 is 0 Å². The van der Waals surface area contributed by atoms with Crippen LogP contribution in [0.4, 0.5) is 0 Å². The number of aliphatic hydroxyl groups is 1. The molecular formula is C17H26N2O3. The Bertz CT molecular complexity index is 471. The highest BCUT2D eigenvalue weighted by atomic mass is 16.5. The van der Waals surface area contributed by atoms with Crippen LogP contribution in [0.1, 0.15) is 30.9 Å². The van der Waals surface area contributed by atoms with Crippen molar-refractivity contribution in [2.24, 2.45) is 5.92 Å². The second-order valence-electron chi connectivity index (χ2n) is 5.99. The lowest BCUT2D eigenvalue weighted by atomic mass is 9.85. The summed E-state index contributed by atoms with van der Waals surface area (Å²) in [4.78, 5) is 13.9. The van der Waals surface area contributed by atoms with E-state index >= 15 is 0 Å². The number of rotatable bonds is 8. The van der Waals surface area contributed by atoms with Crippen molar-refractivity contribution < 1.29 is 14.6 Å². The highest BCUT2D eigenvalue weighted by Crippen LogP contribution is 2.25. The fraction of sp³-hybridized carbons (Fsp3) is 0.588. The quantitative estimate of drug-likeness (QED) is 0.765. The molecule has 1 aliphatic rings. The monoisotopic (exact) mass is 306 g/mol. The minimum absolute atomic E-state index is 0.0151. The highest BCUT2D eigenvalue weighted by molar-refractivity contribution is 5.78. The second-order valence-corrected chi connectivity index (χ2v) is 5.99. The molecule has 122 valence electrons. The van der Waals surface area contributed by atoms with Crippen molar-refractivity contribution in [2.45, 2.75) is 25.3 Å². The Hall–Kier alpha value is -1.59. The maximum absolute atomic E-state index is 12.0. The summed E-state index contributed by atoms with van der Waals surface area (Å²) in [5.41, 5.74) is 0.970. The van der Waals surface area contributed by atoms with Gasteiger partial charge in [0, 0.05) is 6.54 Å². The van der Waals surface area contributed by atoms with Gasteiger partial charge in [0.05, 0.1) is 26.3 Å². The van der Waals surface area contributed by atoms with Gasteiger partial charge in [0.1, 0.15) is 5.75 Å². The normalized spacial score (nSPS) is 16.2. The van der Waals surface area contributed by atoms with E-state index in [4.69, 9.17) is 4.74 Å². The second kappa shape index (κ2) is 8.15. The van der Waals surface area contributed by atoms with Crippen molar-refractivity contribution in [2.75, 3.05) is 33.9 Å². The van der Waals surface area contributed by atoms with E-state index in [0.717, 1.165) is 17.9 Å². The zero-order valence-electron chi connectivity index (χ0n) is 13.4. The molecule has 0 bridgehead atoms. The maximum atomic E-state index is 12.0. The Labute approximate surface area is 132 Å². The van der Waals surface area contributed by atoms with Gasteiger partial charge in [-0.2, -0.15) is 0 Å². The number of amides is 1. The van der Waals surface area contributed by atoms with Crippen molar-refractivity contribution in [1.29, 1.82) is 0 Å². The van der Waals surface area contributed by atoms with Crippen LogP contribution in [0, 0.1) is 5.92 Å². The zero-order chi connectivity index (χ0) is 15.9. The van der Waals surface area contributed by atoms with Crippen molar-refractivity contribution in [3.63, 3.8) is 0 Å². The van der Waals surface area contributed by atoms with Gasteiger partial charge in [0.15, 0.2) is 0 Å². The number of hydrogen-bond donors (Lipinski definition) is 2. The van der Waals surface area contributed by atoms with Crippen molar-refractivity contribution in [1.82, 2.24) is 10.2 Å². The van der Waals surface area contributed by atoms with Crippen LogP contribution in [0.15, 0.2) is 24.3 Å². The van der Waals surface area contributed by atoms with Gasteiger partial charge in [-0.15, -0.1) is 0 Å². The topological polar surface area (TPSA) is 61.8 Å². The van der Waals surface area contributed by atoms with Gasteiger partial charge in [0.2, 0.25) is 5.91 Å². The van der Waals surface area contributed by atoms with E-state index in [1.165, 1.54) is 19.3 Å². The van der Waals surface area contributed by atoms with Crippen LogP contribution in [-0.4, -0.2) is 49.8 Å². The minimum atomic E-state index is -0.194. The van der Waals surface area contributed by atoms with Gasteiger partial charge in [-0.1, -0.05) is 18.6 Å². The van der Waals surface area contributed by atoms with Gasteiger partial charge in [-0.05, 0) is 43.5 Å². The van der Waals surface area contributed by atoms with Crippen LogP contribution in [0.25, 0.3) is 0 Å². The summed E-state index contributed by atoms with van der Waals surface area (Å²) in [6.45, 7) is 1.03. The maximum Gasteiger partial charge on any atom is 0.234 e. The van der Waals surface area contributed by atoms with Crippen LogP contribution in [-0.2, 0) is 4.79 Å². The molecule has 0 aromatic heterocycles. The summed E-state index contributed by atoms with van der Waals surface area (Å²) < 4.78 is 5.14. The Morgan fingerprint density at radius 3 is 2.59 bits per heavy atom. The van der Waals surface area contributed by atoms with Crippen molar-refractivity contribution in [3.05, 3.63) is 29.8 Å². The number of nitrogens with one attached hydrogen (secondary N) is 1. The molecule has 5 heteroatoms. The predicted molar refractivity (Wildman–Crippen MR) is 85.8 cm³/mol. The number of hydrogen-bond acceptors (Lipinski definition) is 4. The molecule has 2 rings (SSSR count). The Morgan fingerprint density at radius 1 is 1.41 bits per heavy atom. The number of nitrogens with zero attached hydrogens (tertiary/aromatic N) is 1. The van der Waals surface area contributed by atoms with Crippen LogP contribution in [0.5, 0.6) is 5.75 Å². The molecule has 0 spiro atoms. The fourth-order valence-corrected chi connectivity index (χ4v) is 2.67. The smallest absolute Gasteiger partial charge is 0.234 e. The van der Waals surface area contributed by atoms with Gasteiger partial charge in [0.25, 0.3) is 0 Å². The number of benzene rings is 1. The third-order valence-corrected chi connectivity index (χ3v) is 4.41. The Balaban J connectivity index is 1.86. The molecule has 1 aliphatic carbocycles. The number of ether oxygens (including phenoxy) is 1. The average molecular weight is 306 g/mol. The Morgan fingerprint density at radius 2 is 2.09 bits per heavy atom. The van der Waals surface area contributed by atoms with E-state index in [1.807, 2.05) is 36.2 Å². The first-order valence-corrected chi connectivity index (χ1v) is 7.85. The first kappa shape index (κ1) is 16.8. The van der Waals surface area contributed by atoms with E-state index in [-0.39, 0.29) is 25.1 Å². The summed E-state index contributed by atoms with van der Waals surface area (Å²) in [6, 6.07) is 7.37. The average Bonchev–Trinajstić information content (AvgIpc) is 2.47. The van der Waals surface area contributed by atoms with Crippen LogP contribution in [0.3, 0.4) is 0 Å². The number of aliphatic hydroxyl groups excluding tert-OH is 1. The molecule has 22 heavy (non-hydrogen) atoms. The van der Waals surface area contributed by atoms with E-state index in [0.29, 0.717) is 5.92 Å². The van der Waals surface area contributed by atoms with Crippen molar-refractivity contribution >= 4 is 5.91 Å². The number of methoxy groups -OCH3 is 1. The SMILES string of the molecule is COc1ccc(C(CO)N(C)CC(=O)NCC2CCC2)cc1. The van der Waals surface area contributed by atoms with E-state index in [2.05, 4.69) is 5.32 Å². The van der Waals surface area contributed by atoms with Crippen LogP contribution in [0.2, 0.25) is 0 Å². The Kier molecular flexibility index (Phi) is 6.21. The van der Waals surface area contributed by atoms with Crippen LogP contribution < -0.4 is 10.1 Å². The number of likely N-dealkylation sites (N-methyl/N-ethyl adjacent to an activating group) is 1. The highest BCUT2D eigenvalue weighted by Gasteiger charge is 2.21. The molecule has 1 aromatic rings. The largest absolute Gasteiger partial charge is 0.497 e. The zero-order valence-corrected chi connectivity index (χ0v) is 13.4. The van der Waals surface area contributed by atoms with E-state index in [1.54, 1.807) is 7.11 Å². The molecule has 0 saturated heterocycles. The summed E-state index contributed by atoms with van der Waals surface area (Å²) in [7, 11) is 3.48. The lowest BCUT2D eigenvalue weighted by Crippen LogP contribution is -2.40. The van der Waals surface area contributed by atoms with E-state index in [9.17, 15) is 9.90 Å². The third-order valence-electron chi connectivity index (χ3n) is 4.41. The van der Waals surface area contributed by atoms with Gasteiger partial charge < -0.3 is 15.2 Å². The molecule has 1 unspecified atom stereocenters. The lowest BCUT2D eigenvalue weighted by molar-refractivity contribution is -0.122. The first-order valence-electron chi connectivity index (χ1n) is 7.85. The molecule has 1 saturated carbocycles. The van der Waals surface area contributed by atoms with Gasteiger partial charge >= 0.3 is 0 Å². The van der Waals surface area contributed by atoms with Gasteiger partial charge in [-0.25, -0.2) is 0 Å². The van der Waals surface area contributed by atoms with Gasteiger partial charge in [-0.3, -0.25) is 9.69 Å². The summed E-state index contributed by atoms with van der Waals surface area (Å²) in [5.74, 6) is 1.45. The molecule has 0 aliphatic heterocycles. The van der Waals surface area contributed by atoms with E-state index < -0.39 is 0 Å². The molecular weight excluding hydrogens is 280 g/mol. The molecule has 1 atom stereocenters. The summed E-state index contributed by atoms with van der Waals surface area (Å²) in [5, 5.41) is 12.6. The third kappa shape index (κ3) is 4.45. The molecule has 1 aromatic carbocycles. The fourth-order valence-electron chi connectivity index (χ4n) is 2.67. The molecule has 1 fully saturated rings. The summed E-state index contributed by atoms with van der Waals surface area (Å²) >= 11 is 0. The predicted octanol–water partition coefficient (Wildman–Crippen LogP) is 1.58. The number of carbonyl (C=O) groups is 1.